The molecule has 1 saturated heterocycles. The molecule has 9 heteroatoms. The van der Waals surface area contributed by atoms with Gasteiger partial charge in [0.15, 0.2) is 11.5 Å². The minimum atomic E-state index is -3.67. The first-order valence-electron chi connectivity index (χ1n) is 9.59. The fourth-order valence-electron chi connectivity index (χ4n) is 3.42. The molecule has 2 aromatic carbocycles. The van der Waals surface area contributed by atoms with Gasteiger partial charge in [-0.05, 0) is 42.7 Å². The van der Waals surface area contributed by atoms with Crippen LogP contribution in [0.15, 0.2) is 47.4 Å². The van der Waals surface area contributed by atoms with Crippen LogP contribution in [0.1, 0.15) is 18.4 Å². The van der Waals surface area contributed by atoms with Gasteiger partial charge in [-0.3, -0.25) is 4.79 Å². The molecule has 0 radical (unpaired) electrons. The Morgan fingerprint density at radius 2 is 1.70 bits per heavy atom. The molecular formula is C21H25ClN2O5S. The van der Waals surface area contributed by atoms with Gasteiger partial charge in [0, 0.05) is 36.6 Å². The third kappa shape index (κ3) is 5.06. The van der Waals surface area contributed by atoms with Crippen LogP contribution in [0.25, 0.3) is 0 Å². The van der Waals surface area contributed by atoms with E-state index >= 15 is 0 Å². The second-order valence-corrected chi connectivity index (χ2v) is 9.41. The average Bonchev–Trinajstić information content (AvgIpc) is 2.78. The molecule has 1 fully saturated rings. The van der Waals surface area contributed by atoms with Gasteiger partial charge < -0.3 is 14.8 Å². The minimum Gasteiger partial charge on any atom is -0.493 e. The second-order valence-electron chi connectivity index (χ2n) is 7.04. The van der Waals surface area contributed by atoms with E-state index in [4.69, 9.17) is 21.1 Å². The van der Waals surface area contributed by atoms with Crippen molar-refractivity contribution in [3.8, 4) is 11.5 Å². The average molecular weight is 453 g/mol. The molecule has 1 aliphatic heterocycles. The highest BCUT2D eigenvalue weighted by molar-refractivity contribution is 7.89. The summed E-state index contributed by atoms with van der Waals surface area (Å²) in [5.74, 6) is 0.546. The number of sulfonamides is 1. The maximum absolute atomic E-state index is 13.0. The summed E-state index contributed by atoms with van der Waals surface area (Å²) < 4.78 is 37.8. The molecule has 0 saturated carbocycles. The number of ether oxygens (including phenoxy) is 2. The van der Waals surface area contributed by atoms with Gasteiger partial charge in [-0.25, -0.2) is 8.42 Å². The van der Waals surface area contributed by atoms with E-state index in [1.807, 2.05) is 12.1 Å². The molecule has 0 bridgehead atoms. The van der Waals surface area contributed by atoms with E-state index in [-0.39, 0.29) is 29.8 Å². The Hall–Kier alpha value is -2.29. The van der Waals surface area contributed by atoms with Crippen molar-refractivity contribution in [2.75, 3.05) is 27.3 Å². The number of carbonyl (C=O) groups is 1. The topological polar surface area (TPSA) is 84.9 Å². The highest BCUT2D eigenvalue weighted by Crippen LogP contribution is 2.32. The standard InChI is InChI=1S/C21H25ClN2O5S/c1-28-19-8-7-18(13-20(19)29-2)30(26,27)24-11-9-16(10-12-24)21(25)23-14-15-3-5-17(22)6-4-15/h3-8,13,16H,9-12,14H2,1-2H3,(H,23,25). The van der Waals surface area contributed by atoms with Crippen LogP contribution in [0.3, 0.4) is 0 Å². The summed E-state index contributed by atoms with van der Waals surface area (Å²) >= 11 is 5.87. The number of carbonyl (C=O) groups excluding carboxylic acids is 1. The van der Waals surface area contributed by atoms with Crippen molar-refractivity contribution >= 4 is 27.5 Å². The molecule has 3 rings (SSSR count). The molecule has 1 aliphatic rings. The van der Waals surface area contributed by atoms with Crippen LogP contribution in [0.5, 0.6) is 11.5 Å². The van der Waals surface area contributed by atoms with Crippen molar-refractivity contribution in [2.24, 2.45) is 5.92 Å². The molecule has 0 aromatic heterocycles. The lowest BCUT2D eigenvalue weighted by molar-refractivity contribution is -0.126. The normalized spacial score (nSPS) is 15.6. The maximum atomic E-state index is 13.0. The Balaban J connectivity index is 1.58. The first-order chi connectivity index (χ1) is 14.3. The number of rotatable bonds is 7. The fourth-order valence-corrected chi connectivity index (χ4v) is 5.03. The molecule has 1 amide bonds. The van der Waals surface area contributed by atoms with Crippen molar-refractivity contribution in [1.29, 1.82) is 0 Å². The molecule has 2 aromatic rings. The van der Waals surface area contributed by atoms with Crippen molar-refractivity contribution in [3.63, 3.8) is 0 Å². The van der Waals surface area contributed by atoms with Crippen LogP contribution in [0, 0.1) is 5.92 Å². The highest BCUT2D eigenvalue weighted by atomic mass is 35.5. The van der Waals surface area contributed by atoms with E-state index in [2.05, 4.69) is 5.32 Å². The van der Waals surface area contributed by atoms with E-state index in [9.17, 15) is 13.2 Å². The summed E-state index contributed by atoms with van der Waals surface area (Å²) in [7, 11) is -0.719. The fraction of sp³-hybridized carbons (Fsp3) is 0.381. The Kier molecular flexibility index (Phi) is 7.23. The van der Waals surface area contributed by atoms with Gasteiger partial charge in [-0.1, -0.05) is 23.7 Å². The van der Waals surface area contributed by atoms with Gasteiger partial charge >= 0.3 is 0 Å². The molecule has 0 aliphatic carbocycles. The van der Waals surface area contributed by atoms with Crippen LogP contribution >= 0.6 is 11.6 Å². The number of benzene rings is 2. The molecule has 0 unspecified atom stereocenters. The number of hydrogen-bond donors (Lipinski definition) is 1. The summed E-state index contributed by atoms with van der Waals surface area (Å²) in [6, 6.07) is 11.8. The number of methoxy groups -OCH3 is 2. The third-order valence-corrected chi connectivity index (χ3v) is 7.34. The number of nitrogens with zero attached hydrogens (tertiary/aromatic N) is 1. The van der Waals surface area contributed by atoms with Gasteiger partial charge in [0.25, 0.3) is 0 Å². The Bertz CT molecular complexity index is 987. The smallest absolute Gasteiger partial charge is 0.243 e. The maximum Gasteiger partial charge on any atom is 0.243 e. The first kappa shape index (κ1) is 22.4. The predicted octanol–water partition coefficient (Wildman–Crippen LogP) is 3.07. The molecule has 30 heavy (non-hydrogen) atoms. The van der Waals surface area contributed by atoms with Crippen LogP contribution < -0.4 is 14.8 Å². The SMILES string of the molecule is COc1ccc(S(=O)(=O)N2CCC(C(=O)NCc3ccc(Cl)cc3)CC2)cc1OC. The third-order valence-electron chi connectivity index (χ3n) is 5.20. The molecule has 0 spiro atoms. The summed E-state index contributed by atoms with van der Waals surface area (Å²) in [4.78, 5) is 12.6. The monoisotopic (exact) mass is 452 g/mol. The van der Waals surface area contributed by atoms with Gasteiger partial charge in [0.05, 0.1) is 19.1 Å². The second kappa shape index (κ2) is 9.68. The molecule has 1 heterocycles. The zero-order valence-electron chi connectivity index (χ0n) is 16.9. The van der Waals surface area contributed by atoms with Gasteiger partial charge in [-0.2, -0.15) is 4.31 Å². The van der Waals surface area contributed by atoms with E-state index in [0.29, 0.717) is 35.9 Å². The number of halogens is 1. The van der Waals surface area contributed by atoms with Crippen LogP contribution in [0.4, 0.5) is 0 Å². The minimum absolute atomic E-state index is 0.0619. The van der Waals surface area contributed by atoms with Crippen molar-refractivity contribution in [2.45, 2.75) is 24.3 Å². The van der Waals surface area contributed by atoms with E-state index in [1.54, 1.807) is 18.2 Å². The zero-order valence-corrected chi connectivity index (χ0v) is 18.5. The number of piperidine rings is 1. The van der Waals surface area contributed by atoms with Crippen molar-refractivity contribution in [3.05, 3.63) is 53.1 Å². The van der Waals surface area contributed by atoms with Crippen LogP contribution in [-0.2, 0) is 21.4 Å². The van der Waals surface area contributed by atoms with Gasteiger partial charge in [-0.15, -0.1) is 0 Å². The summed E-state index contributed by atoms with van der Waals surface area (Å²) in [5, 5.41) is 3.57. The summed E-state index contributed by atoms with van der Waals surface area (Å²) in [6.07, 6.45) is 0.942. The molecular weight excluding hydrogens is 428 g/mol. The van der Waals surface area contributed by atoms with Gasteiger partial charge in [0.2, 0.25) is 15.9 Å². The quantitative estimate of drug-likeness (QED) is 0.697. The summed E-state index contributed by atoms with van der Waals surface area (Å²) in [5.41, 5.74) is 0.959. The first-order valence-corrected chi connectivity index (χ1v) is 11.4. The Labute approximate surface area is 182 Å². The number of nitrogens with one attached hydrogen (secondary N) is 1. The Morgan fingerprint density at radius 3 is 2.30 bits per heavy atom. The van der Waals surface area contributed by atoms with Crippen LogP contribution in [-0.4, -0.2) is 45.9 Å². The summed E-state index contributed by atoms with van der Waals surface area (Å²) in [6.45, 7) is 0.992. The molecule has 162 valence electrons. The zero-order chi connectivity index (χ0) is 21.7. The van der Waals surface area contributed by atoms with E-state index in [1.165, 1.54) is 30.7 Å². The van der Waals surface area contributed by atoms with Crippen molar-refractivity contribution in [1.82, 2.24) is 9.62 Å². The molecule has 7 nitrogen and oxygen atoms in total. The lowest BCUT2D eigenvalue weighted by Gasteiger charge is -2.30. The number of amides is 1. The molecule has 1 N–H and O–H groups in total. The largest absolute Gasteiger partial charge is 0.493 e. The van der Waals surface area contributed by atoms with E-state index in [0.717, 1.165) is 5.56 Å². The molecule has 0 atom stereocenters. The van der Waals surface area contributed by atoms with Crippen molar-refractivity contribution < 1.29 is 22.7 Å². The Morgan fingerprint density at radius 1 is 1.07 bits per heavy atom. The lowest BCUT2D eigenvalue weighted by atomic mass is 9.97. The highest BCUT2D eigenvalue weighted by Gasteiger charge is 2.32. The lowest BCUT2D eigenvalue weighted by Crippen LogP contribution is -2.42. The predicted molar refractivity (Wildman–Crippen MR) is 114 cm³/mol. The van der Waals surface area contributed by atoms with Crippen LogP contribution in [0.2, 0.25) is 5.02 Å². The van der Waals surface area contributed by atoms with E-state index < -0.39 is 10.0 Å². The van der Waals surface area contributed by atoms with Gasteiger partial charge in [0.1, 0.15) is 0 Å². The number of hydrogen-bond acceptors (Lipinski definition) is 5.